The third-order valence-electron chi connectivity index (χ3n) is 3.73. The van der Waals surface area contributed by atoms with Crippen LogP contribution >= 0.6 is 0 Å². The van der Waals surface area contributed by atoms with E-state index in [1.54, 1.807) is 12.1 Å². The number of hydrogen-bond acceptors (Lipinski definition) is 3. The van der Waals surface area contributed by atoms with Gasteiger partial charge in [0.05, 0.1) is 5.56 Å². The third-order valence-corrected chi connectivity index (χ3v) is 3.73. The van der Waals surface area contributed by atoms with Gasteiger partial charge in [0.1, 0.15) is 0 Å². The minimum atomic E-state index is -0.955. The van der Waals surface area contributed by atoms with Crippen LogP contribution in [0.2, 0.25) is 0 Å². The summed E-state index contributed by atoms with van der Waals surface area (Å²) in [6.45, 7) is 5.81. The van der Waals surface area contributed by atoms with Crippen LogP contribution in [0.15, 0.2) is 48.5 Å². The zero-order valence-electron chi connectivity index (χ0n) is 13.0. The van der Waals surface area contributed by atoms with E-state index in [1.807, 2.05) is 18.2 Å². The van der Waals surface area contributed by atoms with Gasteiger partial charge in [0.25, 0.3) is 0 Å². The topological polar surface area (TPSA) is 66.6 Å². The zero-order chi connectivity index (χ0) is 16.1. The fourth-order valence-electron chi connectivity index (χ4n) is 2.33. The summed E-state index contributed by atoms with van der Waals surface area (Å²) in [6, 6.07) is 15.6. The van der Waals surface area contributed by atoms with Crippen LogP contribution in [0, 0.1) is 0 Å². The molecule has 0 atom stereocenters. The van der Waals surface area contributed by atoms with E-state index >= 15 is 0 Å². The Morgan fingerprint density at radius 2 is 1.82 bits per heavy atom. The summed E-state index contributed by atoms with van der Waals surface area (Å²) < 4.78 is 0. The number of carboxylic acids is 1. The number of nitrogens with two attached hydrogens (primary N) is 1. The van der Waals surface area contributed by atoms with Gasteiger partial charge in [0.15, 0.2) is 0 Å². The molecule has 0 aliphatic heterocycles. The maximum atomic E-state index is 11.0. The molecule has 0 aliphatic carbocycles. The van der Waals surface area contributed by atoms with Crippen molar-refractivity contribution in [3.63, 3.8) is 0 Å². The molecule has 2 aromatic rings. The van der Waals surface area contributed by atoms with Crippen molar-refractivity contribution in [3.05, 3.63) is 65.2 Å². The first kappa shape index (κ1) is 16.0. The van der Waals surface area contributed by atoms with E-state index < -0.39 is 5.97 Å². The minimum absolute atomic E-state index is 0.223. The lowest BCUT2D eigenvalue weighted by atomic mass is 10.1. The summed E-state index contributed by atoms with van der Waals surface area (Å²) in [6.07, 6.45) is 0. The number of hydrogen-bond donors (Lipinski definition) is 2. The van der Waals surface area contributed by atoms with E-state index in [0.717, 1.165) is 12.1 Å². The Balaban J connectivity index is 2.16. The largest absolute Gasteiger partial charge is 0.478 e. The second-order valence-corrected chi connectivity index (χ2v) is 5.70. The van der Waals surface area contributed by atoms with Gasteiger partial charge in [-0.05, 0) is 37.1 Å². The highest BCUT2D eigenvalue weighted by atomic mass is 16.4. The number of aromatic carboxylic acids is 1. The summed E-state index contributed by atoms with van der Waals surface area (Å²) in [7, 11) is 0. The maximum Gasteiger partial charge on any atom is 0.335 e. The smallest absolute Gasteiger partial charge is 0.335 e. The molecule has 2 rings (SSSR count). The maximum absolute atomic E-state index is 11.0. The van der Waals surface area contributed by atoms with Crippen LogP contribution in [-0.2, 0) is 13.1 Å². The number of anilines is 1. The van der Waals surface area contributed by atoms with Crippen molar-refractivity contribution in [1.29, 1.82) is 0 Å². The first-order valence-corrected chi connectivity index (χ1v) is 7.37. The summed E-state index contributed by atoms with van der Waals surface area (Å²) in [5, 5.41) is 9.00. The van der Waals surface area contributed by atoms with Crippen molar-refractivity contribution >= 4 is 11.7 Å². The quantitative estimate of drug-likeness (QED) is 0.802. The Morgan fingerprint density at radius 3 is 2.36 bits per heavy atom. The Kier molecular flexibility index (Phi) is 5.17. The highest BCUT2D eigenvalue weighted by Crippen LogP contribution is 2.19. The summed E-state index contributed by atoms with van der Waals surface area (Å²) in [5.41, 5.74) is 8.96. The van der Waals surface area contributed by atoms with Crippen LogP contribution in [0.5, 0.6) is 0 Å². The van der Waals surface area contributed by atoms with Gasteiger partial charge in [0, 0.05) is 24.8 Å². The molecular weight excluding hydrogens is 276 g/mol. The lowest BCUT2D eigenvalue weighted by molar-refractivity contribution is 0.0697. The molecule has 0 aliphatic rings. The molecule has 0 saturated heterocycles. The van der Waals surface area contributed by atoms with E-state index in [0.29, 0.717) is 18.3 Å². The second kappa shape index (κ2) is 7.09. The first-order chi connectivity index (χ1) is 10.5. The fourth-order valence-corrected chi connectivity index (χ4v) is 2.33. The molecule has 0 unspecified atom stereocenters. The van der Waals surface area contributed by atoms with Gasteiger partial charge < -0.3 is 10.8 Å². The van der Waals surface area contributed by atoms with E-state index in [-0.39, 0.29) is 5.56 Å². The van der Waals surface area contributed by atoms with Crippen LogP contribution in [0.4, 0.5) is 5.69 Å². The molecule has 0 fully saturated rings. The SMILES string of the molecule is CC(C)N(Cc1ccccc1)Cc1ccc(C(=O)O)cc1N. The molecule has 0 heterocycles. The Labute approximate surface area is 131 Å². The normalized spacial score (nSPS) is 11.1. The molecule has 22 heavy (non-hydrogen) atoms. The van der Waals surface area contributed by atoms with Crippen molar-refractivity contribution in [2.24, 2.45) is 0 Å². The monoisotopic (exact) mass is 298 g/mol. The molecule has 0 spiro atoms. The van der Waals surface area contributed by atoms with E-state index in [2.05, 4.69) is 30.9 Å². The van der Waals surface area contributed by atoms with Crippen molar-refractivity contribution in [2.75, 3.05) is 5.73 Å². The van der Waals surface area contributed by atoms with Gasteiger partial charge in [-0.3, -0.25) is 4.90 Å². The molecular formula is C18H22N2O2. The van der Waals surface area contributed by atoms with Crippen molar-refractivity contribution in [3.8, 4) is 0 Å². The van der Waals surface area contributed by atoms with Crippen LogP contribution in [0.25, 0.3) is 0 Å². The molecule has 0 radical (unpaired) electrons. The number of carboxylic acid groups (broad SMARTS) is 1. The van der Waals surface area contributed by atoms with Gasteiger partial charge in [-0.15, -0.1) is 0 Å². The molecule has 0 saturated carbocycles. The summed E-state index contributed by atoms with van der Waals surface area (Å²) >= 11 is 0. The fraction of sp³-hybridized carbons (Fsp3) is 0.278. The van der Waals surface area contributed by atoms with Gasteiger partial charge in [-0.25, -0.2) is 4.79 Å². The Morgan fingerprint density at radius 1 is 1.14 bits per heavy atom. The predicted molar refractivity (Wildman–Crippen MR) is 88.6 cm³/mol. The average molecular weight is 298 g/mol. The van der Waals surface area contributed by atoms with Crippen LogP contribution in [0.1, 0.15) is 35.3 Å². The number of rotatable bonds is 6. The molecule has 0 bridgehead atoms. The molecule has 116 valence electrons. The van der Waals surface area contributed by atoms with Crippen molar-refractivity contribution < 1.29 is 9.90 Å². The molecule has 2 aromatic carbocycles. The van der Waals surface area contributed by atoms with Gasteiger partial charge in [0.2, 0.25) is 0 Å². The number of nitrogen functional groups attached to an aromatic ring is 1. The average Bonchev–Trinajstić information content (AvgIpc) is 2.49. The second-order valence-electron chi connectivity index (χ2n) is 5.70. The predicted octanol–water partition coefficient (Wildman–Crippen LogP) is 3.38. The standard InChI is InChI=1S/C18H22N2O2/c1-13(2)20(11-14-6-4-3-5-7-14)12-16-9-8-15(18(21)22)10-17(16)19/h3-10,13H,11-12,19H2,1-2H3,(H,21,22). The molecule has 0 amide bonds. The highest BCUT2D eigenvalue weighted by molar-refractivity contribution is 5.88. The Hall–Kier alpha value is -2.33. The third kappa shape index (κ3) is 4.09. The minimum Gasteiger partial charge on any atom is -0.478 e. The molecule has 4 nitrogen and oxygen atoms in total. The van der Waals surface area contributed by atoms with Crippen molar-refractivity contribution in [2.45, 2.75) is 33.0 Å². The zero-order valence-corrected chi connectivity index (χ0v) is 13.0. The highest BCUT2D eigenvalue weighted by Gasteiger charge is 2.13. The summed E-state index contributed by atoms with van der Waals surface area (Å²) in [4.78, 5) is 13.3. The Bertz CT molecular complexity index is 639. The van der Waals surface area contributed by atoms with Gasteiger partial charge >= 0.3 is 5.97 Å². The lowest BCUT2D eigenvalue weighted by Gasteiger charge is -2.27. The van der Waals surface area contributed by atoms with Gasteiger partial charge in [-0.2, -0.15) is 0 Å². The molecule has 4 heteroatoms. The van der Waals surface area contributed by atoms with Crippen LogP contribution in [0.3, 0.4) is 0 Å². The number of nitrogens with zero attached hydrogens (tertiary/aromatic N) is 1. The number of carbonyl (C=O) groups is 1. The van der Waals surface area contributed by atoms with E-state index in [9.17, 15) is 4.79 Å². The van der Waals surface area contributed by atoms with E-state index in [1.165, 1.54) is 11.6 Å². The molecule has 3 N–H and O–H groups in total. The van der Waals surface area contributed by atoms with Gasteiger partial charge in [-0.1, -0.05) is 36.4 Å². The summed E-state index contributed by atoms with van der Waals surface area (Å²) in [5.74, 6) is -0.955. The van der Waals surface area contributed by atoms with Crippen LogP contribution < -0.4 is 5.73 Å². The van der Waals surface area contributed by atoms with Crippen molar-refractivity contribution in [1.82, 2.24) is 4.90 Å². The van der Waals surface area contributed by atoms with E-state index in [4.69, 9.17) is 10.8 Å². The van der Waals surface area contributed by atoms with Crippen LogP contribution in [-0.4, -0.2) is 22.0 Å². The number of benzene rings is 2. The first-order valence-electron chi connectivity index (χ1n) is 7.37. The molecule has 0 aromatic heterocycles. The lowest BCUT2D eigenvalue weighted by Crippen LogP contribution is -2.30.